The fraction of sp³-hybridized carbons (Fsp3) is 0.364. The van der Waals surface area contributed by atoms with Gasteiger partial charge < -0.3 is 4.74 Å². The summed E-state index contributed by atoms with van der Waals surface area (Å²) in [5, 5.41) is 0.755. The number of aromatic nitrogens is 1. The number of fused-ring (bicyclic) bond motifs is 1. The number of halogens is 2. The van der Waals surface area contributed by atoms with Crippen LogP contribution in [0, 0.1) is 6.92 Å². The lowest BCUT2D eigenvalue weighted by Crippen LogP contribution is -2.39. The zero-order chi connectivity index (χ0) is 20.2. The van der Waals surface area contributed by atoms with Gasteiger partial charge in [-0.1, -0.05) is 45.0 Å². The highest BCUT2D eigenvalue weighted by Gasteiger charge is 2.22. The maximum Gasteiger partial charge on any atom is 0.260 e. The summed E-state index contributed by atoms with van der Waals surface area (Å²) < 4.78 is 7.52. The van der Waals surface area contributed by atoms with Crippen molar-refractivity contribution in [3.05, 3.63) is 58.1 Å². The Hall–Kier alpha value is -1.51. The molecule has 1 saturated heterocycles. The molecule has 0 aliphatic carbocycles. The number of carbonyl (C=O) groups excluding carboxylic acids is 1. The number of amides is 1. The second-order valence-electron chi connectivity index (χ2n) is 7.24. The van der Waals surface area contributed by atoms with Gasteiger partial charge in [-0.05, 0) is 43.7 Å². The number of morpholine rings is 1. The predicted molar refractivity (Wildman–Crippen MR) is 129 cm³/mol. The molecule has 0 saturated carbocycles. The number of ether oxygens (including phenoxy) is 1. The van der Waals surface area contributed by atoms with E-state index in [0.29, 0.717) is 12.1 Å². The molecule has 3 aromatic rings. The zero-order valence-electron chi connectivity index (χ0n) is 16.8. The van der Waals surface area contributed by atoms with E-state index in [1.807, 2.05) is 48.2 Å². The van der Waals surface area contributed by atoms with Crippen LogP contribution in [0.5, 0.6) is 0 Å². The van der Waals surface area contributed by atoms with Crippen LogP contribution < -0.4 is 4.90 Å². The van der Waals surface area contributed by atoms with Gasteiger partial charge in [-0.3, -0.25) is 14.6 Å². The molecular formula is C22H25BrClN3O2S. The number of hydrogen-bond donors (Lipinski definition) is 0. The van der Waals surface area contributed by atoms with Crippen LogP contribution >= 0.6 is 39.7 Å². The Kier molecular flexibility index (Phi) is 8.25. The first-order valence-electron chi connectivity index (χ1n) is 9.85. The highest BCUT2D eigenvalue weighted by atomic mass is 79.9. The van der Waals surface area contributed by atoms with E-state index in [4.69, 9.17) is 9.72 Å². The summed E-state index contributed by atoms with van der Waals surface area (Å²) in [6.07, 6.45) is 0.900. The van der Waals surface area contributed by atoms with Gasteiger partial charge in [-0.15, -0.1) is 12.4 Å². The molecule has 2 aromatic carbocycles. The molecule has 0 unspecified atom stereocenters. The largest absolute Gasteiger partial charge is 0.379 e. The van der Waals surface area contributed by atoms with Crippen molar-refractivity contribution in [2.75, 3.05) is 44.3 Å². The summed E-state index contributed by atoms with van der Waals surface area (Å²) in [5.74, 6) is 0.00472. The first-order chi connectivity index (χ1) is 14.1. The lowest BCUT2D eigenvalue weighted by atomic mass is 10.1. The third-order valence-electron chi connectivity index (χ3n) is 5.07. The first-order valence-corrected chi connectivity index (χ1v) is 11.5. The number of benzene rings is 2. The first kappa shape index (κ1) is 23.2. The van der Waals surface area contributed by atoms with E-state index in [-0.39, 0.29) is 18.3 Å². The van der Waals surface area contributed by atoms with Crippen molar-refractivity contribution in [1.82, 2.24) is 9.88 Å². The van der Waals surface area contributed by atoms with Gasteiger partial charge in [0, 0.05) is 36.2 Å². The number of thiazole rings is 1. The number of aryl methyl sites for hydroxylation is 1. The van der Waals surface area contributed by atoms with E-state index in [2.05, 4.69) is 26.9 Å². The summed E-state index contributed by atoms with van der Waals surface area (Å²) in [7, 11) is 0. The highest BCUT2D eigenvalue weighted by Crippen LogP contribution is 2.31. The van der Waals surface area contributed by atoms with E-state index in [1.54, 1.807) is 11.3 Å². The minimum absolute atomic E-state index is 0. The van der Waals surface area contributed by atoms with Crippen LogP contribution in [0.4, 0.5) is 5.13 Å². The molecule has 4 rings (SSSR count). The Balaban J connectivity index is 0.00000256. The molecule has 8 heteroatoms. The number of carbonyl (C=O) groups is 1. The molecule has 0 radical (unpaired) electrons. The normalized spacial score (nSPS) is 14.5. The molecule has 0 spiro atoms. The molecule has 1 aliphatic rings. The van der Waals surface area contributed by atoms with Crippen LogP contribution in [-0.4, -0.2) is 55.2 Å². The molecule has 160 valence electrons. The topological polar surface area (TPSA) is 45.7 Å². The number of nitrogens with zero attached hydrogens (tertiary/aromatic N) is 3. The smallest absolute Gasteiger partial charge is 0.260 e. The molecule has 0 atom stereocenters. The van der Waals surface area contributed by atoms with E-state index in [1.165, 1.54) is 0 Å². The Morgan fingerprint density at radius 1 is 1.20 bits per heavy atom. The van der Waals surface area contributed by atoms with Crippen LogP contribution in [0.25, 0.3) is 10.2 Å². The molecule has 0 bridgehead atoms. The second-order valence-corrected chi connectivity index (χ2v) is 9.16. The SMILES string of the molecule is Cc1ccc(C(=O)N(CCCN2CCOCC2)c2nc3ccc(Br)cc3s2)cc1.Cl. The third-order valence-corrected chi connectivity index (χ3v) is 6.61. The van der Waals surface area contributed by atoms with Gasteiger partial charge in [0.1, 0.15) is 0 Å². The van der Waals surface area contributed by atoms with Gasteiger partial charge in [0.2, 0.25) is 0 Å². The minimum atomic E-state index is 0. The molecular weight excluding hydrogens is 486 g/mol. The van der Waals surface area contributed by atoms with Crippen molar-refractivity contribution in [2.24, 2.45) is 0 Å². The average molecular weight is 511 g/mol. The Labute approximate surface area is 195 Å². The van der Waals surface area contributed by atoms with Crippen LogP contribution in [0.15, 0.2) is 46.9 Å². The fourth-order valence-electron chi connectivity index (χ4n) is 3.41. The summed E-state index contributed by atoms with van der Waals surface area (Å²) in [6, 6.07) is 13.8. The van der Waals surface area contributed by atoms with E-state index >= 15 is 0 Å². The molecule has 1 fully saturated rings. The van der Waals surface area contributed by atoms with Gasteiger partial charge in [0.05, 0.1) is 23.4 Å². The van der Waals surface area contributed by atoms with Crippen molar-refractivity contribution in [3.8, 4) is 0 Å². The summed E-state index contributed by atoms with van der Waals surface area (Å²) in [6.45, 7) is 7.13. The lowest BCUT2D eigenvalue weighted by molar-refractivity contribution is 0.0376. The predicted octanol–water partition coefficient (Wildman–Crippen LogP) is 5.16. The molecule has 1 amide bonds. The maximum atomic E-state index is 13.3. The van der Waals surface area contributed by atoms with Crippen LogP contribution in [-0.2, 0) is 4.74 Å². The van der Waals surface area contributed by atoms with Gasteiger partial charge in [0.25, 0.3) is 5.91 Å². The Bertz CT molecular complexity index is 990. The van der Waals surface area contributed by atoms with Crippen LogP contribution in [0.3, 0.4) is 0 Å². The quantitative estimate of drug-likeness (QED) is 0.460. The lowest BCUT2D eigenvalue weighted by Gasteiger charge is -2.27. The number of hydrogen-bond acceptors (Lipinski definition) is 5. The summed E-state index contributed by atoms with van der Waals surface area (Å²) in [4.78, 5) is 22.3. The van der Waals surface area contributed by atoms with Gasteiger partial charge in [-0.25, -0.2) is 4.98 Å². The average Bonchev–Trinajstić information content (AvgIpc) is 3.15. The van der Waals surface area contributed by atoms with E-state index in [0.717, 1.165) is 64.7 Å². The van der Waals surface area contributed by atoms with E-state index < -0.39 is 0 Å². The molecule has 5 nitrogen and oxygen atoms in total. The molecule has 2 heterocycles. The van der Waals surface area contributed by atoms with Gasteiger partial charge in [-0.2, -0.15) is 0 Å². The Morgan fingerprint density at radius 3 is 2.67 bits per heavy atom. The highest BCUT2D eigenvalue weighted by molar-refractivity contribution is 9.10. The number of rotatable bonds is 6. The zero-order valence-corrected chi connectivity index (χ0v) is 20.1. The van der Waals surface area contributed by atoms with Crippen molar-refractivity contribution >= 4 is 60.9 Å². The molecule has 1 aliphatic heterocycles. The fourth-order valence-corrected chi connectivity index (χ4v) is 4.96. The number of anilines is 1. The minimum Gasteiger partial charge on any atom is -0.379 e. The van der Waals surface area contributed by atoms with Crippen LogP contribution in [0.2, 0.25) is 0 Å². The molecule has 30 heavy (non-hydrogen) atoms. The summed E-state index contributed by atoms with van der Waals surface area (Å²) in [5.41, 5.74) is 2.76. The van der Waals surface area contributed by atoms with Crippen molar-refractivity contribution < 1.29 is 9.53 Å². The van der Waals surface area contributed by atoms with Crippen molar-refractivity contribution in [3.63, 3.8) is 0 Å². The monoisotopic (exact) mass is 509 g/mol. The summed E-state index contributed by atoms with van der Waals surface area (Å²) >= 11 is 5.08. The standard InChI is InChI=1S/C22H24BrN3O2S.ClH/c1-16-3-5-17(6-4-16)21(27)26(10-2-9-25-11-13-28-14-12-25)22-24-19-8-7-18(23)15-20(19)29-22;/h3-8,15H,2,9-14H2,1H3;1H. The van der Waals surface area contributed by atoms with Gasteiger partial charge >= 0.3 is 0 Å². The van der Waals surface area contributed by atoms with Crippen LogP contribution in [0.1, 0.15) is 22.3 Å². The molecule has 1 aromatic heterocycles. The van der Waals surface area contributed by atoms with E-state index in [9.17, 15) is 4.79 Å². The Morgan fingerprint density at radius 2 is 1.93 bits per heavy atom. The van der Waals surface area contributed by atoms with Crippen molar-refractivity contribution in [2.45, 2.75) is 13.3 Å². The molecule has 0 N–H and O–H groups in total. The maximum absolute atomic E-state index is 13.3. The second kappa shape index (κ2) is 10.7. The third kappa shape index (κ3) is 5.59. The van der Waals surface area contributed by atoms with Gasteiger partial charge in [0.15, 0.2) is 5.13 Å². The van der Waals surface area contributed by atoms with Crippen molar-refractivity contribution in [1.29, 1.82) is 0 Å².